The van der Waals surface area contributed by atoms with Crippen LogP contribution in [0.25, 0.3) is 0 Å². The normalized spacial score (nSPS) is 20.8. The minimum atomic E-state index is -0.0134. The van der Waals surface area contributed by atoms with E-state index in [1.54, 1.807) is 0 Å². The van der Waals surface area contributed by atoms with Crippen LogP contribution in [0.1, 0.15) is 64.7 Å². The SMILES string of the molecule is CCCCC(O)CCC1CCCC1. The summed E-state index contributed by atoms with van der Waals surface area (Å²) in [6.45, 7) is 2.18. The highest BCUT2D eigenvalue weighted by Crippen LogP contribution is 2.29. The van der Waals surface area contributed by atoms with Gasteiger partial charge in [0.2, 0.25) is 0 Å². The number of aliphatic hydroxyl groups excluding tert-OH is 1. The Morgan fingerprint density at radius 1 is 1.23 bits per heavy atom. The average molecular weight is 184 g/mol. The molecule has 0 aromatic heterocycles. The van der Waals surface area contributed by atoms with Crippen LogP contribution in [0.2, 0.25) is 0 Å². The van der Waals surface area contributed by atoms with Crippen molar-refractivity contribution in [3.8, 4) is 0 Å². The van der Waals surface area contributed by atoms with Crippen LogP contribution in [0.4, 0.5) is 0 Å². The molecule has 0 aromatic rings. The molecule has 1 heteroatoms. The zero-order valence-corrected chi connectivity index (χ0v) is 8.97. The summed E-state index contributed by atoms with van der Waals surface area (Å²) in [5, 5.41) is 9.64. The van der Waals surface area contributed by atoms with Gasteiger partial charge in [-0.2, -0.15) is 0 Å². The average Bonchev–Trinajstić information content (AvgIpc) is 2.64. The van der Waals surface area contributed by atoms with Crippen LogP contribution in [0.5, 0.6) is 0 Å². The van der Waals surface area contributed by atoms with Gasteiger partial charge in [-0.15, -0.1) is 0 Å². The topological polar surface area (TPSA) is 20.2 Å². The number of hydrogen-bond donors (Lipinski definition) is 1. The van der Waals surface area contributed by atoms with Crippen molar-refractivity contribution >= 4 is 0 Å². The molecule has 0 spiro atoms. The second-order valence-electron chi connectivity index (χ2n) is 4.52. The van der Waals surface area contributed by atoms with E-state index in [1.807, 2.05) is 0 Å². The zero-order valence-electron chi connectivity index (χ0n) is 8.97. The van der Waals surface area contributed by atoms with Crippen LogP contribution < -0.4 is 0 Å². The summed E-state index contributed by atoms with van der Waals surface area (Å²) < 4.78 is 0. The lowest BCUT2D eigenvalue weighted by Crippen LogP contribution is -2.08. The monoisotopic (exact) mass is 184 g/mol. The summed E-state index contributed by atoms with van der Waals surface area (Å²) in [7, 11) is 0. The van der Waals surface area contributed by atoms with Gasteiger partial charge in [-0.25, -0.2) is 0 Å². The molecular formula is C12H24O. The van der Waals surface area contributed by atoms with Gasteiger partial charge in [-0.05, 0) is 25.2 Å². The quantitative estimate of drug-likeness (QED) is 0.669. The smallest absolute Gasteiger partial charge is 0.0540 e. The Hall–Kier alpha value is -0.0400. The molecule has 0 amide bonds. The van der Waals surface area contributed by atoms with Crippen molar-refractivity contribution in [3.63, 3.8) is 0 Å². The van der Waals surface area contributed by atoms with Crippen LogP contribution in [0.3, 0.4) is 0 Å². The van der Waals surface area contributed by atoms with Crippen molar-refractivity contribution in [2.75, 3.05) is 0 Å². The molecule has 0 bridgehead atoms. The van der Waals surface area contributed by atoms with Crippen molar-refractivity contribution in [2.24, 2.45) is 5.92 Å². The molecule has 0 saturated heterocycles. The molecule has 1 rings (SSSR count). The van der Waals surface area contributed by atoms with Crippen molar-refractivity contribution in [2.45, 2.75) is 70.8 Å². The Balaban J connectivity index is 1.97. The maximum atomic E-state index is 9.64. The van der Waals surface area contributed by atoms with Gasteiger partial charge in [0.05, 0.1) is 6.10 Å². The molecule has 1 N–H and O–H groups in total. The van der Waals surface area contributed by atoms with Crippen molar-refractivity contribution in [1.29, 1.82) is 0 Å². The molecule has 0 aromatic carbocycles. The van der Waals surface area contributed by atoms with Crippen LogP contribution in [0, 0.1) is 5.92 Å². The highest BCUT2D eigenvalue weighted by molar-refractivity contribution is 4.69. The van der Waals surface area contributed by atoms with E-state index in [1.165, 1.54) is 44.9 Å². The molecule has 1 atom stereocenters. The summed E-state index contributed by atoms with van der Waals surface area (Å²) in [6, 6.07) is 0. The Bertz CT molecular complexity index is 116. The minimum absolute atomic E-state index is 0.0134. The molecule has 13 heavy (non-hydrogen) atoms. The fourth-order valence-corrected chi connectivity index (χ4v) is 2.31. The summed E-state index contributed by atoms with van der Waals surface area (Å²) in [6.07, 6.45) is 11.4. The van der Waals surface area contributed by atoms with Gasteiger partial charge in [-0.1, -0.05) is 45.4 Å². The molecule has 0 radical (unpaired) electrons. The van der Waals surface area contributed by atoms with E-state index in [4.69, 9.17) is 0 Å². The van der Waals surface area contributed by atoms with E-state index in [2.05, 4.69) is 6.92 Å². The van der Waals surface area contributed by atoms with Crippen molar-refractivity contribution in [3.05, 3.63) is 0 Å². The summed E-state index contributed by atoms with van der Waals surface area (Å²) in [5.41, 5.74) is 0. The third-order valence-electron chi connectivity index (χ3n) is 3.27. The first-order valence-corrected chi connectivity index (χ1v) is 6.01. The van der Waals surface area contributed by atoms with Gasteiger partial charge in [-0.3, -0.25) is 0 Å². The van der Waals surface area contributed by atoms with Crippen LogP contribution in [-0.4, -0.2) is 11.2 Å². The first-order chi connectivity index (χ1) is 6.33. The number of unbranched alkanes of at least 4 members (excludes halogenated alkanes) is 1. The Morgan fingerprint density at radius 3 is 2.54 bits per heavy atom. The molecular weight excluding hydrogens is 160 g/mol. The second kappa shape index (κ2) is 6.42. The van der Waals surface area contributed by atoms with Gasteiger partial charge < -0.3 is 5.11 Å². The largest absolute Gasteiger partial charge is 0.393 e. The molecule has 1 saturated carbocycles. The summed E-state index contributed by atoms with van der Waals surface area (Å²) in [4.78, 5) is 0. The van der Waals surface area contributed by atoms with Crippen molar-refractivity contribution in [1.82, 2.24) is 0 Å². The van der Waals surface area contributed by atoms with Gasteiger partial charge in [0.25, 0.3) is 0 Å². The van der Waals surface area contributed by atoms with E-state index < -0.39 is 0 Å². The first kappa shape index (κ1) is 11.0. The molecule has 1 fully saturated rings. The van der Waals surface area contributed by atoms with Crippen LogP contribution in [-0.2, 0) is 0 Å². The van der Waals surface area contributed by atoms with E-state index >= 15 is 0 Å². The molecule has 78 valence electrons. The molecule has 0 aliphatic heterocycles. The highest BCUT2D eigenvalue weighted by Gasteiger charge is 2.15. The minimum Gasteiger partial charge on any atom is -0.393 e. The van der Waals surface area contributed by atoms with Crippen LogP contribution >= 0.6 is 0 Å². The molecule has 0 heterocycles. The predicted octanol–water partition coefficient (Wildman–Crippen LogP) is 3.51. The fraction of sp³-hybridized carbons (Fsp3) is 1.00. The molecule has 1 nitrogen and oxygen atoms in total. The zero-order chi connectivity index (χ0) is 9.52. The van der Waals surface area contributed by atoms with Crippen molar-refractivity contribution < 1.29 is 5.11 Å². The third kappa shape index (κ3) is 4.66. The number of rotatable bonds is 6. The van der Waals surface area contributed by atoms with E-state index in [0.717, 1.165) is 18.8 Å². The standard InChI is InChI=1S/C12H24O/c1-2-3-8-12(13)10-9-11-6-4-5-7-11/h11-13H,2-10H2,1H3. The maximum Gasteiger partial charge on any atom is 0.0540 e. The summed E-state index contributed by atoms with van der Waals surface area (Å²) >= 11 is 0. The third-order valence-corrected chi connectivity index (χ3v) is 3.27. The lowest BCUT2D eigenvalue weighted by Gasteiger charge is -2.13. The van der Waals surface area contributed by atoms with Gasteiger partial charge in [0.15, 0.2) is 0 Å². The highest BCUT2D eigenvalue weighted by atomic mass is 16.3. The summed E-state index contributed by atoms with van der Waals surface area (Å²) in [5.74, 6) is 0.941. The van der Waals surface area contributed by atoms with Gasteiger partial charge >= 0.3 is 0 Å². The van der Waals surface area contributed by atoms with Gasteiger partial charge in [0, 0.05) is 0 Å². The second-order valence-corrected chi connectivity index (χ2v) is 4.52. The molecule has 1 aliphatic carbocycles. The fourth-order valence-electron chi connectivity index (χ4n) is 2.31. The van der Waals surface area contributed by atoms with E-state index in [0.29, 0.717) is 0 Å². The van der Waals surface area contributed by atoms with E-state index in [9.17, 15) is 5.11 Å². The lowest BCUT2D eigenvalue weighted by atomic mass is 9.98. The van der Waals surface area contributed by atoms with E-state index in [-0.39, 0.29) is 6.10 Å². The molecule has 1 unspecified atom stereocenters. The number of hydrogen-bond acceptors (Lipinski definition) is 1. The molecule has 1 aliphatic rings. The predicted molar refractivity (Wildman–Crippen MR) is 56.7 cm³/mol. The maximum absolute atomic E-state index is 9.64. The lowest BCUT2D eigenvalue weighted by molar-refractivity contribution is 0.142. The number of aliphatic hydroxyl groups is 1. The Morgan fingerprint density at radius 2 is 1.92 bits per heavy atom. The Kier molecular flexibility index (Phi) is 5.45. The van der Waals surface area contributed by atoms with Crippen LogP contribution in [0.15, 0.2) is 0 Å². The first-order valence-electron chi connectivity index (χ1n) is 6.01. The Labute approximate surface area is 82.5 Å². The van der Waals surface area contributed by atoms with Gasteiger partial charge in [0.1, 0.15) is 0 Å².